The first kappa shape index (κ1) is 13.0. The molecule has 0 heterocycles. The first-order chi connectivity index (χ1) is 7.65. The van der Waals surface area contributed by atoms with Crippen LogP contribution in [-0.4, -0.2) is 31.7 Å². The third-order valence-electron chi connectivity index (χ3n) is 2.85. The highest BCUT2D eigenvalue weighted by Crippen LogP contribution is 2.20. The fraction of sp³-hybridized carbons (Fsp3) is 0.538. The number of nitrogens with zero attached hydrogens (tertiary/aromatic N) is 1. The number of hydrogen-bond donors (Lipinski definition) is 1. The second-order valence-electron chi connectivity index (χ2n) is 4.02. The molecule has 1 aromatic rings. The van der Waals surface area contributed by atoms with Crippen molar-refractivity contribution in [2.75, 3.05) is 32.5 Å². The van der Waals surface area contributed by atoms with E-state index in [1.807, 2.05) is 25.1 Å². The maximum Gasteiger partial charge on any atom is 0.0593 e. The molecule has 16 heavy (non-hydrogen) atoms. The molecule has 0 saturated heterocycles. The summed E-state index contributed by atoms with van der Waals surface area (Å²) in [7, 11) is 2.10. The lowest BCUT2D eigenvalue weighted by molar-refractivity contribution is 0.110. The molecule has 1 unspecified atom stereocenters. The molecule has 0 fully saturated rings. The van der Waals surface area contributed by atoms with Gasteiger partial charge in [-0.2, -0.15) is 0 Å². The molecule has 0 aromatic heterocycles. The van der Waals surface area contributed by atoms with Gasteiger partial charge in [-0.1, -0.05) is 12.1 Å². The quantitative estimate of drug-likeness (QED) is 0.593. The van der Waals surface area contributed by atoms with Gasteiger partial charge in [0.1, 0.15) is 0 Å². The van der Waals surface area contributed by atoms with Crippen molar-refractivity contribution >= 4 is 5.69 Å². The highest BCUT2D eigenvalue weighted by Gasteiger charge is 2.10. The van der Waals surface area contributed by atoms with Gasteiger partial charge in [0.15, 0.2) is 0 Å². The molecule has 0 aliphatic carbocycles. The van der Waals surface area contributed by atoms with Crippen molar-refractivity contribution in [3.8, 4) is 0 Å². The normalized spacial score (nSPS) is 13.0. The molecule has 0 saturated carbocycles. The third kappa shape index (κ3) is 3.83. The van der Waals surface area contributed by atoms with Gasteiger partial charge in [0.2, 0.25) is 0 Å². The van der Waals surface area contributed by atoms with Crippen molar-refractivity contribution in [3.63, 3.8) is 0 Å². The summed E-state index contributed by atoms with van der Waals surface area (Å²) in [6, 6.07) is 8.41. The fourth-order valence-electron chi connectivity index (χ4n) is 1.62. The molecule has 3 heteroatoms. The van der Waals surface area contributed by atoms with E-state index in [0.717, 1.165) is 25.4 Å². The molecule has 2 N–H and O–H groups in total. The summed E-state index contributed by atoms with van der Waals surface area (Å²) >= 11 is 0. The Kier molecular flexibility index (Phi) is 5.29. The van der Waals surface area contributed by atoms with Crippen LogP contribution in [0.5, 0.6) is 0 Å². The van der Waals surface area contributed by atoms with Crippen LogP contribution < -0.4 is 5.73 Å². The third-order valence-corrected chi connectivity index (χ3v) is 2.85. The zero-order valence-electron chi connectivity index (χ0n) is 10.4. The Balaban J connectivity index is 2.52. The van der Waals surface area contributed by atoms with E-state index in [1.54, 1.807) is 0 Å². The van der Waals surface area contributed by atoms with Crippen LogP contribution in [0.25, 0.3) is 0 Å². The molecule has 0 aliphatic rings. The summed E-state index contributed by atoms with van der Waals surface area (Å²) in [5.74, 6) is 0. The van der Waals surface area contributed by atoms with Gasteiger partial charge in [0, 0.05) is 24.9 Å². The van der Waals surface area contributed by atoms with Gasteiger partial charge in [-0.3, -0.25) is 4.90 Å². The lowest BCUT2D eigenvalue weighted by Gasteiger charge is -2.25. The maximum atomic E-state index is 5.77. The van der Waals surface area contributed by atoms with Crippen molar-refractivity contribution in [2.45, 2.75) is 19.9 Å². The predicted octanol–water partition coefficient (Wildman–Crippen LogP) is 2.30. The molecule has 1 aromatic carbocycles. The van der Waals surface area contributed by atoms with E-state index < -0.39 is 0 Å². The second-order valence-corrected chi connectivity index (χ2v) is 4.02. The molecule has 1 rings (SSSR count). The number of benzene rings is 1. The molecule has 1 atom stereocenters. The summed E-state index contributed by atoms with van der Waals surface area (Å²) in [4.78, 5) is 2.27. The number of anilines is 1. The van der Waals surface area contributed by atoms with E-state index >= 15 is 0 Å². The van der Waals surface area contributed by atoms with Gasteiger partial charge in [-0.15, -0.1) is 0 Å². The predicted molar refractivity (Wildman–Crippen MR) is 68.4 cm³/mol. The lowest BCUT2D eigenvalue weighted by Crippen LogP contribution is -2.26. The molecule has 90 valence electrons. The molecule has 0 amide bonds. The minimum Gasteiger partial charge on any atom is -0.399 e. The Morgan fingerprint density at radius 2 is 2.19 bits per heavy atom. The van der Waals surface area contributed by atoms with Crippen molar-refractivity contribution in [1.29, 1.82) is 0 Å². The topological polar surface area (TPSA) is 38.5 Å². The largest absolute Gasteiger partial charge is 0.399 e. The van der Waals surface area contributed by atoms with Gasteiger partial charge in [-0.05, 0) is 38.6 Å². The summed E-state index contributed by atoms with van der Waals surface area (Å²) in [5, 5.41) is 0. The van der Waals surface area contributed by atoms with Crippen LogP contribution in [0.1, 0.15) is 25.5 Å². The second kappa shape index (κ2) is 6.51. The molecule has 3 nitrogen and oxygen atoms in total. The summed E-state index contributed by atoms with van der Waals surface area (Å²) in [5.41, 5.74) is 7.85. The average Bonchev–Trinajstić information content (AvgIpc) is 2.28. The van der Waals surface area contributed by atoms with Crippen LogP contribution >= 0.6 is 0 Å². The van der Waals surface area contributed by atoms with Crippen molar-refractivity contribution in [2.24, 2.45) is 0 Å². The zero-order valence-corrected chi connectivity index (χ0v) is 10.4. The average molecular weight is 222 g/mol. The first-order valence-electron chi connectivity index (χ1n) is 5.78. The highest BCUT2D eigenvalue weighted by atomic mass is 16.5. The Morgan fingerprint density at radius 3 is 2.81 bits per heavy atom. The molecule has 0 spiro atoms. The van der Waals surface area contributed by atoms with Gasteiger partial charge in [-0.25, -0.2) is 0 Å². The summed E-state index contributed by atoms with van der Waals surface area (Å²) < 4.78 is 5.35. The smallest absolute Gasteiger partial charge is 0.0593 e. The maximum absolute atomic E-state index is 5.77. The number of rotatable bonds is 6. The molecule has 0 bridgehead atoms. The number of likely N-dealkylation sites (N-methyl/N-ethyl adjacent to an activating group) is 1. The summed E-state index contributed by atoms with van der Waals surface area (Å²) in [6.07, 6.45) is 0. The SMILES string of the molecule is CCOCCN(C)C(C)c1cccc(N)c1. The van der Waals surface area contributed by atoms with E-state index in [4.69, 9.17) is 10.5 Å². The van der Waals surface area contributed by atoms with Crippen molar-refractivity contribution in [3.05, 3.63) is 29.8 Å². The molecular weight excluding hydrogens is 200 g/mol. The van der Waals surface area contributed by atoms with E-state index in [2.05, 4.69) is 24.9 Å². The Hall–Kier alpha value is -1.06. The number of nitrogen functional groups attached to an aromatic ring is 1. The standard InChI is InChI=1S/C13H22N2O/c1-4-16-9-8-15(3)11(2)12-6-5-7-13(14)10-12/h5-7,10-11H,4,8-9,14H2,1-3H3. The van der Waals surface area contributed by atoms with Gasteiger partial charge < -0.3 is 10.5 Å². The van der Waals surface area contributed by atoms with Crippen LogP contribution in [0.4, 0.5) is 5.69 Å². The van der Waals surface area contributed by atoms with Crippen LogP contribution in [0.15, 0.2) is 24.3 Å². The molecular formula is C13H22N2O. The van der Waals surface area contributed by atoms with Crippen LogP contribution in [0.3, 0.4) is 0 Å². The van der Waals surface area contributed by atoms with Gasteiger partial charge >= 0.3 is 0 Å². The number of nitrogens with two attached hydrogens (primary N) is 1. The minimum absolute atomic E-state index is 0.365. The first-order valence-corrected chi connectivity index (χ1v) is 5.78. The Bertz CT molecular complexity index is 315. The lowest BCUT2D eigenvalue weighted by atomic mass is 10.1. The minimum atomic E-state index is 0.365. The van der Waals surface area contributed by atoms with E-state index in [0.29, 0.717) is 6.04 Å². The highest BCUT2D eigenvalue weighted by molar-refractivity contribution is 5.41. The van der Waals surface area contributed by atoms with Crippen LogP contribution in [0, 0.1) is 0 Å². The van der Waals surface area contributed by atoms with Gasteiger partial charge in [0.05, 0.1) is 6.61 Å². The fourth-order valence-corrected chi connectivity index (χ4v) is 1.62. The van der Waals surface area contributed by atoms with E-state index in [-0.39, 0.29) is 0 Å². The van der Waals surface area contributed by atoms with Crippen molar-refractivity contribution in [1.82, 2.24) is 4.90 Å². The number of ether oxygens (including phenoxy) is 1. The van der Waals surface area contributed by atoms with Crippen LogP contribution in [-0.2, 0) is 4.74 Å². The molecule has 0 aliphatic heterocycles. The van der Waals surface area contributed by atoms with E-state index in [9.17, 15) is 0 Å². The summed E-state index contributed by atoms with van der Waals surface area (Å²) in [6.45, 7) is 6.69. The Morgan fingerprint density at radius 1 is 1.44 bits per heavy atom. The van der Waals surface area contributed by atoms with Crippen LogP contribution in [0.2, 0.25) is 0 Å². The van der Waals surface area contributed by atoms with E-state index in [1.165, 1.54) is 5.56 Å². The Labute approximate surface area is 98.2 Å². The molecule has 0 radical (unpaired) electrons. The van der Waals surface area contributed by atoms with Gasteiger partial charge in [0.25, 0.3) is 0 Å². The number of hydrogen-bond acceptors (Lipinski definition) is 3. The monoisotopic (exact) mass is 222 g/mol. The zero-order chi connectivity index (χ0) is 12.0. The van der Waals surface area contributed by atoms with Crippen molar-refractivity contribution < 1.29 is 4.74 Å².